The van der Waals surface area contributed by atoms with Gasteiger partial charge in [-0.25, -0.2) is 0 Å². The van der Waals surface area contributed by atoms with Crippen molar-refractivity contribution in [2.75, 3.05) is 0 Å². The molecule has 1 aromatic heterocycles. The summed E-state index contributed by atoms with van der Waals surface area (Å²) in [5, 5.41) is 7.83. The van der Waals surface area contributed by atoms with Gasteiger partial charge in [-0.15, -0.1) is 10.2 Å². The van der Waals surface area contributed by atoms with Crippen molar-refractivity contribution in [2.24, 2.45) is 0 Å². The van der Waals surface area contributed by atoms with Gasteiger partial charge in [0.15, 0.2) is 0 Å². The second-order valence-electron chi connectivity index (χ2n) is 3.31. The van der Waals surface area contributed by atoms with Gasteiger partial charge < -0.3 is 0 Å². The van der Waals surface area contributed by atoms with Crippen molar-refractivity contribution in [1.29, 1.82) is 0 Å². The molecule has 1 aromatic carbocycles. The lowest BCUT2D eigenvalue weighted by Crippen LogP contribution is -1.91. The van der Waals surface area contributed by atoms with E-state index in [1.807, 2.05) is 6.07 Å². The van der Waals surface area contributed by atoms with Crippen LogP contribution in [-0.4, -0.2) is 10.2 Å². The highest BCUT2D eigenvalue weighted by molar-refractivity contribution is 5.66. The summed E-state index contributed by atoms with van der Waals surface area (Å²) in [6, 6.07) is 9.94. The Labute approximate surface area is 83.6 Å². The zero-order chi connectivity index (χ0) is 9.97. The molecule has 0 fully saturated rings. The molecule has 0 N–H and O–H groups in total. The van der Waals surface area contributed by atoms with Crippen LogP contribution in [-0.2, 0) is 0 Å². The molecule has 69 valence electrons. The normalized spacial score (nSPS) is 10.1. The molecule has 0 saturated carbocycles. The van der Waals surface area contributed by atoms with Crippen molar-refractivity contribution >= 4 is 0 Å². The van der Waals surface area contributed by atoms with Crippen LogP contribution in [0, 0.1) is 20.0 Å². The van der Waals surface area contributed by atoms with Crippen LogP contribution in [0.5, 0.6) is 0 Å². The Balaban J connectivity index is 2.63. The number of aromatic nitrogens is 2. The number of rotatable bonds is 1. The molecule has 2 heteroatoms. The average molecular weight is 183 g/mol. The highest BCUT2D eigenvalue weighted by Gasteiger charge is 2.05. The number of hydrogen-bond donors (Lipinski definition) is 0. The van der Waals surface area contributed by atoms with E-state index in [0.717, 1.165) is 5.69 Å². The van der Waals surface area contributed by atoms with Crippen LogP contribution in [0.3, 0.4) is 0 Å². The third kappa shape index (κ3) is 1.51. The largest absolute Gasteiger partial charge is 0.150 e. The smallest absolute Gasteiger partial charge is 0.113 e. The fraction of sp³-hybridized carbons (Fsp3) is 0.167. The standard InChI is InChI=1S/C12H11N2/c1-9-5-3-6-10(2)12(9)11-7-4-8-13-14-11/h3-7H,1-2H3. The van der Waals surface area contributed by atoms with E-state index in [1.165, 1.54) is 16.7 Å². The maximum absolute atomic E-state index is 4.07. The molecule has 0 amide bonds. The molecular formula is C12H11N2. The predicted octanol–water partition coefficient (Wildman–Crippen LogP) is 2.56. The number of nitrogens with zero attached hydrogens (tertiary/aromatic N) is 2. The fourth-order valence-electron chi connectivity index (χ4n) is 1.62. The van der Waals surface area contributed by atoms with Gasteiger partial charge in [0.05, 0.1) is 5.69 Å². The van der Waals surface area contributed by atoms with Gasteiger partial charge in [0, 0.05) is 5.56 Å². The first-order valence-electron chi connectivity index (χ1n) is 4.55. The Morgan fingerprint density at radius 3 is 2.36 bits per heavy atom. The zero-order valence-electron chi connectivity index (χ0n) is 8.28. The molecule has 1 radical (unpaired) electrons. The Hall–Kier alpha value is -1.70. The molecule has 0 atom stereocenters. The molecule has 2 rings (SSSR count). The molecule has 1 heterocycles. The second kappa shape index (κ2) is 3.58. The SMILES string of the molecule is Cc1cccc(C)c1-c1cc[c]nn1. The molecule has 0 bridgehead atoms. The van der Waals surface area contributed by atoms with Gasteiger partial charge in [0.1, 0.15) is 6.20 Å². The lowest BCUT2D eigenvalue weighted by Gasteiger charge is -2.07. The fourth-order valence-corrected chi connectivity index (χ4v) is 1.62. The summed E-state index contributed by atoms with van der Waals surface area (Å²) >= 11 is 0. The van der Waals surface area contributed by atoms with Gasteiger partial charge in [-0.05, 0) is 37.1 Å². The van der Waals surface area contributed by atoms with Gasteiger partial charge in [-0.3, -0.25) is 0 Å². The topological polar surface area (TPSA) is 25.8 Å². The first-order chi connectivity index (χ1) is 6.79. The molecule has 0 spiro atoms. The summed E-state index contributed by atoms with van der Waals surface area (Å²) in [4.78, 5) is 0. The predicted molar refractivity (Wildman–Crippen MR) is 55.8 cm³/mol. The second-order valence-corrected chi connectivity index (χ2v) is 3.31. The Bertz CT molecular complexity index is 415. The van der Waals surface area contributed by atoms with E-state index in [1.54, 1.807) is 6.07 Å². The quantitative estimate of drug-likeness (QED) is 0.679. The monoisotopic (exact) mass is 183 g/mol. The van der Waals surface area contributed by atoms with E-state index >= 15 is 0 Å². The van der Waals surface area contributed by atoms with Crippen molar-refractivity contribution in [1.82, 2.24) is 10.2 Å². The van der Waals surface area contributed by atoms with Crippen LogP contribution in [0.25, 0.3) is 11.3 Å². The molecule has 0 saturated heterocycles. The zero-order valence-corrected chi connectivity index (χ0v) is 8.28. The summed E-state index contributed by atoms with van der Waals surface area (Å²) in [5.41, 5.74) is 4.55. The first kappa shape index (κ1) is 8.88. The van der Waals surface area contributed by atoms with Crippen LogP contribution < -0.4 is 0 Å². The van der Waals surface area contributed by atoms with Crippen LogP contribution >= 0.6 is 0 Å². The third-order valence-corrected chi connectivity index (χ3v) is 2.27. The summed E-state index contributed by atoms with van der Waals surface area (Å²) in [7, 11) is 0. The Kier molecular flexibility index (Phi) is 2.27. The van der Waals surface area contributed by atoms with Crippen molar-refractivity contribution in [2.45, 2.75) is 13.8 Å². The van der Waals surface area contributed by atoms with Crippen LogP contribution in [0.15, 0.2) is 30.3 Å². The lowest BCUT2D eigenvalue weighted by atomic mass is 10.0. The molecular weight excluding hydrogens is 172 g/mol. The minimum absolute atomic E-state index is 0.916. The molecule has 2 nitrogen and oxygen atoms in total. The van der Waals surface area contributed by atoms with E-state index in [-0.39, 0.29) is 0 Å². The number of hydrogen-bond acceptors (Lipinski definition) is 2. The maximum atomic E-state index is 4.07. The molecule has 0 unspecified atom stereocenters. The van der Waals surface area contributed by atoms with Gasteiger partial charge in [-0.2, -0.15) is 0 Å². The molecule has 14 heavy (non-hydrogen) atoms. The third-order valence-electron chi connectivity index (χ3n) is 2.27. The molecule has 2 aromatic rings. The minimum atomic E-state index is 0.916. The minimum Gasteiger partial charge on any atom is -0.150 e. The van der Waals surface area contributed by atoms with E-state index < -0.39 is 0 Å². The maximum Gasteiger partial charge on any atom is 0.113 e. The summed E-state index contributed by atoms with van der Waals surface area (Å²) in [5.74, 6) is 0. The average Bonchev–Trinajstić information content (AvgIpc) is 2.19. The number of benzene rings is 1. The van der Waals surface area contributed by atoms with Crippen molar-refractivity contribution in [3.8, 4) is 11.3 Å². The summed E-state index contributed by atoms with van der Waals surface area (Å²) < 4.78 is 0. The van der Waals surface area contributed by atoms with Gasteiger partial charge >= 0.3 is 0 Å². The lowest BCUT2D eigenvalue weighted by molar-refractivity contribution is 1.03. The van der Waals surface area contributed by atoms with Crippen LogP contribution in [0.2, 0.25) is 0 Å². The molecule has 0 aliphatic rings. The number of aryl methyl sites for hydroxylation is 2. The van der Waals surface area contributed by atoms with Gasteiger partial charge in [0.25, 0.3) is 0 Å². The van der Waals surface area contributed by atoms with Crippen LogP contribution in [0.1, 0.15) is 11.1 Å². The van der Waals surface area contributed by atoms with E-state index in [9.17, 15) is 0 Å². The van der Waals surface area contributed by atoms with Gasteiger partial charge in [-0.1, -0.05) is 18.2 Å². The summed E-state index contributed by atoms with van der Waals surface area (Å²) in [6.45, 7) is 4.17. The Morgan fingerprint density at radius 2 is 1.79 bits per heavy atom. The highest BCUT2D eigenvalue weighted by Crippen LogP contribution is 2.23. The summed E-state index contributed by atoms with van der Waals surface area (Å²) in [6.07, 6.45) is 2.68. The van der Waals surface area contributed by atoms with E-state index in [2.05, 4.69) is 48.4 Å². The van der Waals surface area contributed by atoms with Gasteiger partial charge in [0.2, 0.25) is 0 Å². The molecule has 0 aliphatic heterocycles. The first-order valence-corrected chi connectivity index (χ1v) is 4.55. The Morgan fingerprint density at radius 1 is 1.07 bits per heavy atom. The van der Waals surface area contributed by atoms with E-state index in [4.69, 9.17) is 0 Å². The molecule has 0 aliphatic carbocycles. The highest BCUT2D eigenvalue weighted by atomic mass is 15.1. The van der Waals surface area contributed by atoms with Crippen molar-refractivity contribution in [3.63, 3.8) is 0 Å². The van der Waals surface area contributed by atoms with Crippen molar-refractivity contribution < 1.29 is 0 Å². The van der Waals surface area contributed by atoms with E-state index in [0.29, 0.717) is 0 Å². The van der Waals surface area contributed by atoms with Crippen molar-refractivity contribution in [3.05, 3.63) is 47.7 Å². The van der Waals surface area contributed by atoms with Crippen LogP contribution in [0.4, 0.5) is 0 Å².